The Morgan fingerprint density at radius 2 is 2.12 bits per heavy atom. The molecule has 0 spiro atoms. The van der Waals surface area contributed by atoms with E-state index in [1.54, 1.807) is 0 Å². The van der Waals surface area contributed by atoms with Gasteiger partial charge in [-0.25, -0.2) is 9.98 Å². The fourth-order valence-corrected chi connectivity index (χ4v) is 4.14. The second-order valence-electron chi connectivity index (χ2n) is 7.64. The zero-order valence-electron chi connectivity index (χ0n) is 16.5. The summed E-state index contributed by atoms with van der Waals surface area (Å²) in [6.07, 6.45) is 8.62. The average Bonchev–Trinajstić information content (AvgIpc) is 3.31. The monoisotopic (exact) mass is 358 g/mol. The van der Waals surface area contributed by atoms with Crippen LogP contribution in [0.1, 0.15) is 44.6 Å². The van der Waals surface area contributed by atoms with Gasteiger partial charge in [-0.3, -0.25) is 4.90 Å². The van der Waals surface area contributed by atoms with Crippen molar-refractivity contribution >= 4 is 11.8 Å². The SMILES string of the molecule is CCNC(=NCc1cccnc1N(C)C)NC1CCN(C2CCCC2)C1. The van der Waals surface area contributed by atoms with Crippen molar-refractivity contribution in [2.75, 3.05) is 38.6 Å². The van der Waals surface area contributed by atoms with Gasteiger partial charge < -0.3 is 15.5 Å². The number of nitrogens with one attached hydrogen (secondary N) is 2. The zero-order valence-corrected chi connectivity index (χ0v) is 16.5. The Hall–Kier alpha value is -1.82. The molecule has 1 atom stereocenters. The van der Waals surface area contributed by atoms with Gasteiger partial charge in [0.15, 0.2) is 5.96 Å². The number of guanidine groups is 1. The lowest BCUT2D eigenvalue weighted by Crippen LogP contribution is -2.45. The number of aromatic nitrogens is 1. The van der Waals surface area contributed by atoms with Crippen LogP contribution in [-0.2, 0) is 6.54 Å². The first-order valence-corrected chi connectivity index (χ1v) is 10.1. The van der Waals surface area contributed by atoms with Gasteiger partial charge in [0, 0.05) is 57.6 Å². The van der Waals surface area contributed by atoms with Crippen molar-refractivity contribution in [1.29, 1.82) is 0 Å². The third-order valence-corrected chi connectivity index (χ3v) is 5.44. The second-order valence-corrected chi connectivity index (χ2v) is 7.64. The van der Waals surface area contributed by atoms with Gasteiger partial charge in [-0.15, -0.1) is 0 Å². The van der Waals surface area contributed by atoms with Crippen LogP contribution in [0.4, 0.5) is 5.82 Å². The van der Waals surface area contributed by atoms with Crippen molar-refractivity contribution in [1.82, 2.24) is 20.5 Å². The number of hydrogen-bond acceptors (Lipinski definition) is 4. The highest BCUT2D eigenvalue weighted by Gasteiger charge is 2.30. The van der Waals surface area contributed by atoms with E-state index in [4.69, 9.17) is 4.99 Å². The summed E-state index contributed by atoms with van der Waals surface area (Å²) in [6.45, 7) is 5.99. The van der Waals surface area contributed by atoms with Crippen LogP contribution in [0.5, 0.6) is 0 Å². The summed E-state index contributed by atoms with van der Waals surface area (Å²) in [4.78, 5) is 14.0. The molecule has 0 amide bonds. The van der Waals surface area contributed by atoms with Gasteiger partial charge in [0.05, 0.1) is 6.54 Å². The third kappa shape index (κ3) is 4.87. The van der Waals surface area contributed by atoms with Gasteiger partial charge in [-0.05, 0) is 32.3 Å². The molecule has 6 nitrogen and oxygen atoms in total. The van der Waals surface area contributed by atoms with Gasteiger partial charge in [-0.1, -0.05) is 18.9 Å². The maximum atomic E-state index is 4.82. The lowest BCUT2D eigenvalue weighted by atomic mass is 10.2. The summed E-state index contributed by atoms with van der Waals surface area (Å²) in [7, 11) is 4.05. The number of likely N-dealkylation sites (tertiary alicyclic amines) is 1. The summed E-state index contributed by atoms with van der Waals surface area (Å²) in [5.74, 6) is 1.90. The summed E-state index contributed by atoms with van der Waals surface area (Å²) in [5.41, 5.74) is 1.15. The van der Waals surface area contributed by atoms with Gasteiger partial charge in [-0.2, -0.15) is 0 Å². The lowest BCUT2D eigenvalue weighted by molar-refractivity contribution is 0.242. The standard InChI is InChI=1S/C20H34N6/c1-4-21-20(23-14-16-8-7-12-22-19(16)25(2)3)24-17-11-13-26(15-17)18-9-5-6-10-18/h7-8,12,17-18H,4-6,9-11,13-15H2,1-3H3,(H2,21,23,24). The Labute approximate surface area is 158 Å². The summed E-state index contributed by atoms with van der Waals surface area (Å²) >= 11 is 0. The van der Waals surface area contributed by atoms with E-state index in [1.807, 2.05) is 31.3 Å². The summed E-state index contributed by atoms with van der Waals surface area (Å²) < 4.78 is 0. The van der Waals surface area contributed by atoms with Crippen LogP contribution in [-0.4, -0.2) is 61.7 Å². The molecule has 1 aromatic heterocycles. The van der Waals surface area contributed by atoms with Crippen LogP contribution in [0.2, 0.25) is 0 Å². The fraction of sp³-hybridized carbons (Fsp3) is 0.700. The molecule has 1 saturated heterocycles. The van der Waals surface area contributed by atoms with E-state index < -0.39 is 0 Å². The number of anilines is 1. The minimum Gasteiger partial charge on any atom is -0.362 e. The second kappa shape index (κ2) is 9.21. The molecule has 0 bridgehead atoms. The molecule has 6 heteroatoms. The van der Waals surface area contributed by atoms with Crippen LogP contribution in [0, 0.1) is 0 Å². The largest absolute Gasteiger partial charge is 0.362 e. The molecule has 1 aliphatic heterocycles. The van der Waals surface area contributed by atoms with Gasteiger partial charge >= 0.3 is 0 Å². The molecule has 3 rings (SSSR count). The molecule has 0 aromatic carbocycles. The van der Waals surface area contributed by atoms with Gasteiger partial charge in [0.25, 0.3) is 0 Å². The van der Waals surface area contributed by atoms with E-state index in [2.05, 4.69) is 33.5 Å². The van der Waals surface area contributed by atoms with Gasteiger partial charge in [0.1, 0.15) is 5.82 Å². The Balaban J connectivity index is 1.59. The topological polar surface area (TPSA) is 55.8 Å². The van der Waals surface area contributed by atoms with Crippen molar-refractivity contribution in [2.24, 2.45) is 4.99 Å². The normalized spacial score (nSPS) is 22.0. The van der Waals surface area contributed by atoms with Crippen LogP contribution < -0.4 is 15.5 Å². The third-order valence-electron chi connectivity index (χ3n) is 5.44. The molecule has 2 heterocycles. The van der Waals surface area contributed by atoms with Crippen molar-refractivity contribution in [3.8, 4) is 0 Å². The molecule has 2 fully saturated rings. The van der Waals surface area contributed by atoms with E-state index in [1.165, 1.54) is 38.6 Å². The zero-order chi connectivity index (χ0) is 18.4. The van der Waals surface area contributed by atoms with Crippen molar-refractivity contribution in [2.45, 2.75) is 57.7 Å². The maximum Gasteiger partial charge on any atom is 0.191 e. The number of nitrogens with zero attached hydrogens (tertiary/aromatic N) is 4. The highest BCUT2D eigenvalue weighted by molar-refractivity contribution is 5.80. The quantitative estimate of drug-likeness (QED) is 0.603. The van der Waals surface area contributed by atoms with E-state index in [0.29, 0.717) is 12.6 Å². The van der Waals surface area contributed by atoms with E-state index in [9.17, 15) is 0 Å². The predicted molar refractivity (Wildman–Crippen MR) is 109 cm³/mol. The van der Waals surface area contributed by atoms with Crippen molar-refractivity contribution < 1.29 is 0 Å². The molecule has 2 aliphatic rings. The highest BCUT2D eigenvalue weighted by Crippen LogP contribution is 2.26. The molecular formula is C20H34N6. The highest BCUT2D eigenvalue weighted by atomic mass is 15.3. The molecule has 26 heavy (non-hydrogen) atoms. The molecule has 0 radical (unpaired) electrons. The Morgan fingerprint density at radius 1 is 1.31 bits per heavy atom. The molecule has 1 aliphatic carbocycles. The molecular weight excluding hydrogens is 324 g/mol. The number of hydrogen-bond donors (Lipinski definition) is 2. The first-order chi connectivity index (χ1) is 12.7. The van der Waals surface area contributed by atoms with Crippen LogP contribution in [0.3, 0.4) is 0 Å². The smallest absolute Gasteiger partial charge is 0.191 e. The Bertz CT molecular complexity index is 594. The minimum absolute atomic E-state index is 0.496. The molecule has 2 N–H and O–H groups in total. The van der Waals surface area contributed by atoms with Crippen LogP contribution in [0.25, 0.3) is 0 Å². The van der Waals surface area contributed by atoms with Crippen molar-refractivity contribution in [3.63, 3.8) is 0 Å². The first-order valence-electron chi connectivity index (χ1n) is 10.1. The van der Waals surface area contributed by atoms with Crippen molar-refractivity contribution in [3.05, 3.63) is 23.9 Å². The fourth-order valence-electron chi connectivity index (χ4n) is 4.14. The van der Waals surface area contributed by atoms with E-state index in [0.717, 1.165) is 36.5 Å². The Morgan fingerprint density at radius 3 is 2.85 bits per heavy atom. The van der Waals surface area contributed by atoms with E-state index in [-0.39, 0.29) is 0 Å². The van der Waals surface area contributed by atoms with Crippen LogP contribution in [0.15, 0.2) is 23.3 Å². The maximum absolute atomic E-state index is 4.82. The molecule has 1 aromatic rings. The number of pyridine rings is 1. The average molecular weight is 359 g/mol. The molecule has 144 valence electrons. The van der Waals surface area contributed by atoms with E-state index >= 15 is 0 Å². The lowest BCUT2D eigenvalue weighted by Gasteiger charge is -2.24. The summed E-state index contributed by atoms with van der Waals surface area (Å²) in [5, 5.41) is 7.05. The molecule has 1 saturated carbocycles. The summed E-state index contributed by atoms with van der Waals surface area (Å²) in [6, 6.07) is 5.40. The minimum atomic E-state index is 0.496. The van der Waals surface area contributed by atoms with Gasteiger partial charge in [0.2, 0.25) is 0 Å². The van der Waals surface area contributed by atoms with Crippen LogP contribution >= 0.6 is 0 Å². The predicted octanol–water partition coefficient (Wildman–Crippen LogP) is 2.22. The Kier molecular flexibility index (Phi) is 6.72. The first kappa shape index (κ1) is 19.0. The number of rotatable bonds is 6. The molecule has 1 unspecified atom stereocenters. The number of aliphatic imine (C=N–C) groups is 1.